The molecule has 1 saturated carbocycles. The molecule has 3 aliphatic rings. The highest BCUT2D eigenvalue weighted by molar-refractivity contribution is 5.75. The van der Waals surface area contributed by atoms with E-state index in [1.807, 2.05) is 19.1 Å². The van der Waals surface area contributed by atoms with E-state index in [9.17, 15) is 20.0 Å². The van der Waals surface area contributed by atoms with Crippen molar-refractivity contribution >= 4 is 11.5 Å². The summed E-state index contributed by atoms with van der Waals surface area (Å²) in [6.07, 6.45) is 6.28. The smallest absolute Gasteiger partial charge is 0.332 e. The fourth-order valence-electron chi connectivity index (χ4n) is 5.70. The van der Waals surface area contributed by atoms with Gasteiger partial charge < -0.3 is 19.4 Å². The maximum absolute atomic E-state index is 12.0. The van der Waals surface area contributed by atoms with Crippen LogP contribution in [0.1, 0.15) is 50.7 Å². The normalized spacial score (nSPS) is 29.1. The zero-order valence-corrected chi connectivity index (χ0v) is 17.3. The number of benzene rings is 1. The molecule has 4 atom stereocenters. The number of hydrogen-bond donors (Lipinski definition) is 1. The molecule has 162 valence electrons. The summed E-state index contributed by atoms with van der Waals surface area (Å²) in [5.41, 5.74) is 3.38. The maximum atomic E-state index is 12.0. The lowest BCUT2D eigenvalue weighted by molar-refractivity contribution is -0.754. The van der Waals surface area contributed by atoms with E-state index in [0.717, 1.165) is 43.2 Å². The van der Waals surface area contributed by atoms with E-state index in [2.05, 4.69) is 17.8 Å². The topological polar surface area (TPSA) is 108 Å². The third-order valence-electron chi connectivity index (χ3n) is 7.05. The molecule has 0 aromatic heterocycles. The third kappa shape index (κ3) is 3.48. The van der Waals surface area contributed by atoms with Crippen molar-refractivity contribution in [3.8, 4) is 11.5 Å². The molecule has 4 rings (SSSR count). The molecule has 0 bridgehead atoms. The number of rotatable bonds is 6. The lowest BCUT2D eigenvalue weighted by atomic mass is 9.60. The van der Waals surface area contributed by atoms with Crippen LogP contribution >= 0.6 is 0 Å². The number of esters is 1. The van der Waals surface area contributed by atoms with Gasteiger partial charge in [-0.25, -0.2) is 4.79 Å². The largest absolute Gasteiger partial charge is 0.504 e. The zero-order valence-electron chi connectivity index (χ0n) is 17.3. The molecule has 8 nitrogen and oxygen atoms in total. The molecule has 1 fully saturated rings. The van der Waals surface area contributed by atoms with Gasteiger partial charge >= 0.3 is 5.97 Å². The predicted octanol–water partition coefficient (Wildman–Crippen LogP) is 3.68. The number of fused-ring (bicyclic) bond motifs is 5. The summed E-state index contributed by atoms with van der Waals surface area (Å²) < 4.78 is 11.2. The number of phenols is 1. The number of hydrogen-bond acceptors (Lipinski definition) is 7. The Morgan fingerprint density at radius 1 is 1.33 bits per heavy atom. The Balaban J connectivity index is 1.57. The van der Waals surface area contributed by atoms with Gasteiger partial charge in [-0.05, 0) is 79.7 Å². The average molecular weight is 417 g/mol. The minimum Gasteiger partial charge on any atom is -0.504 e. The van der Waals surface area contributed by atoms with Crippen molar-refractivity contribution in [2.75, 3.05) is 13.2 Å². The van der Waals surface area contributed by atoms with Crippen LogP contribution in [0.3, 0.4) is 0 Å². The molecule has 0 unspecified atom stereocenters. The van der Waals surface area contributed by atoms with E-state index < -0.39 is 17.7 Å². The molecule has 1 aromatic carbocycles. The molecule has 1 aromatic rings. The number of ether oxygens (including phenoxy) is 2. The van der Waals surface area contributed by atoms with E-state index in [-0.39, 0.29) is 17.3 Å². The first-order chi connectivity index (χ1) is 14.3. The van der Waals surface area contributed by atoms with Crippen LogP contribution < -0.4 is 4.74 Å². The van der Waals surface area contributed by atoms with Crippen LogP contribution in [0.15, 0.2) is 18.2 Å². The standard InChI is InChI=1S/C22H27NO7/c1-3-28-19-11-16-13(10-18(19)24)4-5-15-14(16)8-9-22(2)17(15)6-7-20(22)30-21(25)12-29-23(26)27/h8,10-11,15,17,20,24H,3-7,9,12H2,1-2H3/t15-,17+,20+,22+/m1/s1. The molecule has 0 radical (unpaired) electrons. The molecule has 0 amide bonds. The Morgan fingerprint density at radius 2 is 2.13 bits per heavy atom. The summed E-state index contributed by atoms with van der Waals surface area (Å²) in [6.45, 7) is 3.86. The number of carbonyl (C=O) groups excluding carboxylic acids is 1. The molecule has 8 heteroatoms. The molecule has 3 aliphatic carbocycles. The molecule has 0 heterocycles. The molecule has 0 spiro atoms. The number of nitrogens with zero attached hydrogens (tertiary/aromatic N) is 1. The Labute approximate surface area is 174 Å². The molecule has 1 N–H and O–H groups in total. The van der Waals surface area contributed by atoms with Crippen molar-refractivity contribution in [1.82, 2.24) is 0 Å². The third-order valence-corrected chi connectivity index (χ3v) is 7.05. The number of phenolic OH excluding ortho intramolecular Hbond substituents is 1. The Kier molecular flexibility index (Phi) is 5.34. The second kappa shape index (κ2) is 7.81. The highest BCUT2D eigenvalue weighted by Gasteiger charge is 2.54. The van der Waals surface area contributed by atoms with Crippen molar-refractivity contribution in [2.24, 2.45) is 17.3 Å². The summed E-state index contributed by atoms with van der Waals surface area (Å²) in [4.78, 5) is 26.5. The Bertz CT molecular complexity index is 896. The first kappa shape index (κ1) is 20.5. The SMILES string of the molecule is CCOc1cc2c(cc1O)CC[C@@H]1C2=CC[C@]2(C)[C@@H](OC(=O)CO[N+](=O)[O-])CC[C@@H]12. The second-order valence-corrected chi connectivity index (χ2v) is 8.58. The fourth-order valence-corrected chi connectivity index (χ4v) is 5.70. The van der Waals surface area contributed by atoms with Gasteiger partial charge in [-0.2, -0.15) is 0 Å². The Morgan fingerprint density at radius 3 is 2.87 bits per heavy atom. The monoisotopic (exact) mass is 417 g/mol. The summed E-state index contributed by atoms with van der Waals surface area (Å²) in [5.74, 6) is 0.715. The minimum atomic E-state index is -0.982. The maximum Gasteiger partial charge on any atom is 0.332 e. The summed E-state index contributed by atoms with van der Waals surface area (Å²) >= 11 is 0. The first-order valence-corrected chi connectivity index (χ1v) is 10.5. The number of aryl methyl sites for hydroxylation is 1. The van der Waals surface area contributed by atoms with E-state index in [1.54, 1.807) is 0 Å². The van der Waals surface area contributed by atoms with Crippen LogP contribution in [-0.4, -0.2) is 35.5 Å². The van der Waals surface area contributed by atoms with Gasteiger partial charge in [0.05, 0.1) is 6.61 Å². The first-order valence-electron chi connectivity index (χ1n) is 10.5. The van der Waals surface area contributed by atoms with Crippen LogP contribution in [0.25, 0.3) is 5.57 Å². The van der Waals surface area contributed by atoms with Gasteiger partial charge in [0, 0.05) is 5.41 Å². The van der Waals surface area contributed by atoms with Crippen molar-refractivity contribution in [1.29, 1.82) is 0 Å². The molecular formula is C22H27NO7. The van der Waals surface area contributed by atoms with E-state index in [0.29, 0.717) is 24.2 Å². The number of carbonyl (C=O) groups is 1. The van der Waals surface area contributed by atoms with Crippen molar-refractivity contribution in [3.63, 3.8) is 0 Å². The van der Waals surface area contributed by atoms with E-state index in [1.165, 1.54) is 5.57 Å². The molecule has 0 saturated heterocycles. The summed E-state index contributed by atoms with van der Waals surface area (Å²) in [7, 11) is 0. The lowest BCUT2D eigenvalue weighted by Crippen LogP contribution is -2.42. The van der Waals surface area contributed by atoms with Gasteiger partial charge in [-0.3, -0.25) is 0 Å². The van der Waals surface area contributed by atoms with E-state index in [4.69, 9.17) is 9.47 Å². The quantitative estimate of drug-likeness (QED) is 0.427. The second-order valence-electron chi connectivity index (χ2n) is 8.58. The van der Waals surface area contributed by atoms with Crippen LogP contribution in [-0.2, 0) is 20.8 Å². The van der Waals surface area contributed by atoms with Gasteiger partial charge in [0.2, 0.25) is 0 Å². The van der Waals surface area contributed by atoms with Crippen LogP contribution in [0.5, 0.6) is 11.5 Å². The predicted molar refractivity (Wildman–Crippen MR) is 107 cm³/mol. The summed E-state index contributed by atoms with van der Waals surface area (Å²) in [6, 6.07) is 3.77. The van der Waals surface area contributed by atoms with E-state index >= 15 is 0 Å². The summed E-state index contributed by atoms with van der Waals surface area (Å²) in [5, 5.41) is 19.6. The van der Waals surface area contributed by atoms with Crippen molar-refractivity contribution in [2.45, 2.75) is 52.1 Å². The van der Waals surface area contributed by atoms with Crippen molar-refractivity contribution < 1.29 is 29.3 Å². The number of allylic oxidation sites excluding steroid dienone is 2. The van der Waals surface area contributed by atoms with Gasteiger partial charge in [0.1, 0.15) is 6.10 Å². The number of aromatic hydroxyl groups is 1. The highest BCUT2D eigenvalue weighted by Crippen LogP contribution is 2.59. The fraction of sp³-hybridized carbons (Fsp3) is 0.591. The average Bonchev–Trinajstić information content (AvgIpc) is 3.03. The lowest BCUT2D eigenvalue weighted by Gasteiger charge is -2.46. The van der Waals surface area contributed by atoms with Gasteiger partial charge in [0.15, 0.2) is 18.1 Å². The van der Waals surface area contributed by atoms with Gasteiger partial charge in [-0.1, -0.05) is 13.0 Å². The minimum absolute atomic E-state index is 0.181. The van der Waals surface area contributed by atoms with Crippen LogP contribution in [0.4, 0.5) is 0 Å². The molecular weight excluding hydrogens is 390 g/mol. The Hall–Kier alpha value is -2.77. The van der Waals surface area contributed by atoms with Gasteiger partial charge in [0.25, 0.3) is 5.09 Å². The van der Waals surface area contributed by atoms with Crippen LogP contribution in [0, 0.1) is 27.4 Å². The van der Waals surface area contributed by atoms with Crippen LogP contribution in [0.2, 0.25) is 0 Å². The molecule has 30 heavy (non-hydrogen) atoms. The van der Waals surface area contributed by atoms with Gasteiger partial charge in [-0.15, -0.1) is 10.1 Å². The zero-order chi connectivity index (χ0) is 21.5. The molecule has 0 aliphatic heterocycles. The highest BCUT2D eigenvalue weighted by atomic mass is 17.0. The van der Waals surface area contributed by atoms with Crippen molar-refractivity contribution in [3.05, 3.63) is 39.4 Å².